The van der Waals surface area contributed by atoms with Crippen molar-refractivity contribution in [1.29, 1.82) is 0 Å². The summed E-state index contributed by atoms with van der Waals surface area (Å²) in [5, 5.41) is 0. The lowest BCUT2D eigenvalue weighted by Crippen LogP contribution is -2.08. The van der Waals surface area contributed by atoms with Crippen LogP contribution in [0.1, 0.15) is 45.0 Å². The van der Waals surface area contributed by atoms with Crippen molar-refractivity contribution >= 4 is 11.9 Å². The molecule has 0 heterocycles. The van der Waals surface area contributed by atoms with Gasteiger partial charge in [0.05, 0.1) is 20.3 Å². The third kappa shape index (κ3) is 4.96. The second-order valence-electron chi connectivity index (χ2n) is 8.54. The maximum absolute atomic E-state index is 5.59. The van der Waals surface area contributed by atoms with Crippen LogP contribution in [0.5, 0.6) is 11.5 Å². The Kier molecular flexibility index (Phi) is 7.24. The van der Waals surface area contributed by atoms with Crippen molar-refractivity contribution in [2.75, 3.05) is 33.2 Å². The van der Waals surface area contributed by atoms with Gasteiger partial charge < -0.3 is 14.4 Å². The fraction of sp³-hybridized carbons (Fsp3) is 0.321. The Labute approximate surface area is 192 Å². The fourth-order valence-electron chi connectivity index (χ4n) is 4.31. The summed E-state index contributed by atoms with van der Waals surface area (Å²) < 4.78 is 11.2. The van der Waals surface area contributed by atoms with E-state index in [0.29, 0.717) is 0 Å². The van der Waals surface area contributed by atoms with Gasteiger partial charge in [-0.15, -0.1) is 0 Å². The van der Waals surface area contributed by atoms with E-state index < -0.39 is 0 Å². The summed E-state index contributed by atoms with van der Waals surface area (Å²) in [6.07, 6.45) is 1.97. The van der Waals surface area contributed by atoms with Crippen LogP contribution in [0, 0.1) is 27.7 Å². The van der Waals surface area contributed by atoms with Gasteiger partial charge in [-0.05, 0) is 103 Å². The standard InChI is InChI=1S/C28H34N2O2/c1-18-13-23(14-19(2)27(18)31-7)26(24-15-20(3)28(32-8)21(4)16-24)29-17-22-9-11-25(12-10-22)30(5)6/h9-17,26H,1-8H3. The molecule has 0 radical (unpaired) electrons. The van der Waals surface area contributed by atoms with Crippen molar-refractivity contribution < 1.29 is 9.47 Å². The maximum Gasteiger partial charge on any atom is 0.124 e. The monoisotopic (exact) mass is 430 g/mol. The minimum atomic E-state index is -0.130. The molecule has 0 fully saturated rings. The first-order valence-corrected chi connectivity index (χ1v) is 10.9. The van der Waals surface area contributed by atoms with Gasteiger partial charge in [-0.3, -0.25) is 4.99 Å². The van der Waals surface area contributed by atoms with Crippen molar-refractivity contribution in [2.45, 2.75) is 33.7 Å². The molecule has 3 aromatic carbocycles. The van der Waals surface area contributed by atoms with Crippen LogP contribution >= 0.6 is 0 Å². The average Bonchev–Trinajstić information content (AvgIpc) is 2.74. The molecule has 0 aliphatic carbocycles. The highest BCUT2D eigenvalue weighted by atomic mass is 16.5. The van der Waals surface area contributed by atoms with Crippen LogP contribution in [0.25, 0.3) is 0 Å². The topological polar surface area (TPSA) is 34.1 Å². The summed E-state index contributed by atoms with van der Waals surface area (Å²) >= 11 is 0. The molecule has 0 aromatic heterocycles. The van der Waals surface area contributed by atoms with Gasteiger partial charge in [0.1, 0.15) is 11.5 Å². The second kappa shape index (κ2) is 9.90. The van der Waals surface area contributed by atoms with Crippen LogP contribution in [0.2, 0.25) is 0 Å². The maximum atomic E-state index is 5.59. The highest BCUT2D eigenvalue weighted by Gasteiger charge is 2.18. The first-order valence-electron chi connectivity index (χ1n) is 10.9. The molecule has 4 nitrogen and oxygen atoms in total. The quantitative estimate of drug-likeness (QED) is 0.418. The van der Waals surface area contributed by atoms with Gasteiger partial charge in [-0.1, -0.05) is 12.1 Å². The highest BCUT2D eigenvalue weighted by molar-refractivity contribution is 5.81. The summed E-state index contributed by atoms with van der Waals surface area (Å²) in [5.41, 5.74) is 8.97. The molecule has 0 unspecified atom stereocenters. The third-order valence-corrected chi connectivity index (χ3v) is 5.79. The Bertz CT molecular complexity index is 1010. The first kappa shape index (κ1) is 23.4. The molecule has 0 atom stereocenters. The van der Waals surface area contributed by atoms with Gasteiger partial charge in [0.15, 0.2) is 0 Å². The molecule has 0 aliphatic heterocycles. The summed E-state index contributed by atoms with van der Waals surface area (Å²) in [5.74, 6) is 1.86. The highest BCUT2D eigenvalue weighted by Crippen LogP contribution is 2.35. The number of hydrogen-bond donors (Lipinski definition) is 0. The normalized spacial score (nSPS) is 11.3. The van der Waals surface area contributed by atoms with Gasteiger partial charge in [-0.25, -0.2) is 0 Å². The number of anilines is 1. The van der Waals surface area contributed by atoms with E-state index in [1.165, 1.54) is 5.69 Å². The zero-order valence-electron chi connectivity index (χ0n) is 20.5. The molecule has 3 rings (SSSR count). The molecule has 0 N–H and O–H groups in total. The van der Waals surface area contributed by atoms with Gasteiger partial charge in [0.25, 0.3) is 0 Å². The van der Waals surface area contributed by atoms with Gasteiger partial charge in [0.2, 0.25) is 0 Å². The van der Waals surface area contributed by atoms with Crippen LogP contribution < -0.4 is 14.4 Å². The first-order chi connectivity index (χ1) is 15.2. The number of methoxy groups -OCH3 is 2. The summed E-state index contributed by atoms with van der Waals surface area (Å²) in [7, 11) is 7.53. The third-order valence-electron chi connectivity index (χ3n) is 5.79. The molecule has 168 valence electrons. The lowest BCUT2D eigenvalue weighted by molar-refractivity contribution is 0.408. The van der Waals surface area contributed by atoms with E-state index in [1.54, 1.807) is 14.2 Å². The molecular weight excluding hydrogens is 396 g/mol. The molecule has 4 heteroatoms. The minimum absolute atomic E-state index is 0.130. The molecule has 0 amide bonds. The summed E-state index contributed by atoms with van der Waals surface area (Å²) in [4.78, 5) is 7.16. The van der Waals surface area contributed by atoms with E-state index in [1.807, 2.05) is 20.3 Å². The number of aliphatic imine (C=N–C) groups is 1. The molecule has 0 aliphatic rings. The van der Waals surface area contributed by atoms with E-state index in [2.05, 4.69) is 81.1 Å². The summed E-state index contributed by atoms with van der Waals surface area (Å²) in [6, 6.07) is 17.0. The van der Waals surface area contributed by atoms with Crippen LogP contribution in [0.3, 0.4) is 0 Å². The minimum Gasteiger partial charge on any atom is -0.496 e. The zero-order valence-corrected chi connectivity index (χ0v) is 20.5. The van der Waals surface area contributed by atoms with Gasteiger partial charge in [0, 0.05) is 26.0 Å². The fourth-order valence-corrected chi connectivity index (χ4v) is 4.31. The smallest absolute Gasteiger partial charge is 0.124 e. The van der Waals surface area contributed by atoms with Crippen LogP contribution in [0.15, 0.2) is 53.5 Å². The molecule has 0 saturated heterocycles. The predicted molar refractivity (Wildman–Crippen MR) is 135 cm³/mol. The molecule has 0 saturated carbocycles. The van der Waals surface area contributed by atoms with Crippen molar-refractivity contribution in [3.8, 4) is 11.5 Å². The summed E-state index contributed by atoms with van der Waals surface area (Å²) in [6.45, 7) is 8.34. The number of nitrogens with zero attached hydrogens (tertiary/aromatic N) is 2. The Morgan fingerprint density at radius 1 is 0.719 bits per heavy atom. The Morgan fingerprint density at radius 3 is 1.47 bits per heavy atom. The molecule has 0 spiro atoms. The Hall–Kier alpha value is -3.27. The number of benzene rings is 3. The predicted octanol–water partition coefficient (Wildman–Crippen LogP) is 6.21. The zero-order chi connectivity index (χ0) is 23.4. The van der Waals surface area contributed by atoms with Crippen molar-refractivity contribution in [3.63, 3.8) is 0 Å². The van der Waals surface area contributed by atoms with E-state index in [-0.39, 0.29) is 6.04 Å². The van der Waals surface area contributed by atoms with E-state index in [0.717, 1.165) is 50.4 Å². The molecule has 3 aromatic rings. The van der Waals surface area contributed by atoms with Crippen molar-refractivity contribution in [2.24, 2.45) is 4.99 Å². The van der Waals surface area contributed by atoms with Crippen LogP contribution in [-0.2, 0) is 0 Å². The Morgan fingerprint density at radius 2 is 1.12 bits per heavy atom. The van der Waals surface area contributed by atoms with E-state index in [4.69, 9.17) is 14.5 Å². The number of rotatable bonds is 7. The average molecular weight is 431 g/mol. The van der Waals surface area contributed by atoms with Crippen LogP contribution in [-0.4, -0.2) is 34.5 Å². The second-order valence-corrected chi connectivity index (χ2v) is 8.54. The Balaban J connectivity index is 2.10. The number of ether oxygens (including phenoxy) is 2. The SMILES string of the molecule is COc1c(C)cc(C(N=Cc2ccc(N(C)C)cc2)c2cc(C)c(OC)c(C)c2)cc1C. The lowest BCUT2D eigenvalue weighted by atomic mass is 9.93. The molecule has 0 bridgehead atoms. The van der Waals surface area contributed by atoms with Crippen molar-refractivity contribution in [3.05, 3.63) is 87.5 Å². The van der Waals surface area contributed by atoms with Crippen LogP contribution in [0.4, 0.5) is 5.69 Å². The largest absolute Gasteiger partial charge is 0.496 e. The van der Waals surface area contributed by atoms with E-state index >= 15 is 0 Å². The number of hydrogen-bond acceptors (Lipinski definition) is 4. The van der Waals surface area contributed by atoms with Crippen molar-refractivity contribution in [1.82, 2.24) is 0 Å². The lowest BCUT2D eigenvalue weighted by Gasteiger charge is -2.20. The molecule has 32 heavy (non-hydrogen) atoms. The van der Waals surface area contributed by atoms with E-state index in [9.17, 15) is 0 Å². The van der Waals surface area contributed by atoms with Gasteiger partial charge in [-0.2, -0.15) is 0 Å². The molecular formula is C28H34N2O2. The number of aryl methyl sites for hydroxylation is 4. The van der Waals surface area contributed by atoms with Gasteiger partial charge >= 0.3 is 0 Å².